The summed E-state index contributed by atoms with van der Waals surface area (Å²) < 4.78 is 5.64. The molecule has 1 aliphatic heterocycles. The maximum atomic E-state index is 12.0. The van der Waals surface area contributed by atoms with Crippen LogP contribution in [0.3, 0.4) is 0 Å². The third kappa shape index (κ3) is 4.20. The monoisotopic (exact) mass is 277 g/mol. The number of carbonyl (C=O) groups excluding carboxylic acids is 1. The highest BCUT2D eigenvalue weighted by Gasteiger charge is 2.29. The molecule has 0 spiro atoms. The van der Waals surface area contributed by atoms with Crippen LogP contribution in [-0.2, 0) is 4.74 Å². The Bertz CT molecular complexity index is 480. The van der Waals surface area contributed by atoms with Crippen molar-refractivity contribution >= 4 is 11.8 Å². The van der Waals surface area contributed by atoms with Crippen LogP contribution >= 0.6 is 0 Å². The first kappa shape index (κ1) is 14.8. The Balaban J connectivity index is 1.92. The van der Waals surface area contributed by atoms with E-state index in [4.69, 9.17) is 4.74 Å². The minimum atomic E-state index is -0.204. The van der Waals surface area contributed by atoms with Crippen LogP contribution in [0, 0.1) is 13.8 Å². The summed E-state index contributed by atoms with van der Waals surface area (Å²) in [5.74, 6) is 0.589. The summed E-state index contributed by atoms with van der Waals surface area (Å²) in [7, 11) is 0. The standard InChI is InChI=1S/C15H23N3O2/c1-10-7-11(2)16-13(8-10)18-14(19)17-12-5-6-20-15(3,4)9-12/h7-8,12H,5-6,9H2,1-4H3,(H2,16,17,18,19)/t12-/m0/s1. The lowest BCUT2D eigenvalue weighted by molar-refractivity contribution is -0.0609. The maximum Gasteiger partial charge on any atom is 0.320 e. The number of hydrogen-bond donors (Lipinski definition) is 2. The predicted molar refractivity (Wildman–Crippen MR) is 78.9 cm³/mol. The molecule has 0 bridgehead atoms. The first-order chi connectivity index (χ1) is 9.34. The number of ether oxygens (including phenoxy) is 1. The molecule has 0 aliphatic carbocycles. The summed E-state index contributed by atoms with van der Waals surface area (Å²) in [6.45, 7) is 8.67. The fourth-order valence-electron chi connectivity index (χ4n) is 2.60. The third-order valence-corrected chi connectivity index (χ3v) is 3.37. The van der Waals surface area contributed by atoms with E-state index in [0.717, 1.165) is 24.1 Å². The number of aryl methyl sites for hydroxylation is 2. The fraction of sp³-hybridized carbons (Fsp3) is 0.600. The van der Waals surface area contributed by atoms with Crippen LogP contribution in [0.5, 0.6) is 0 Å². The normalized spacial score (nSPS) is 21.3. The van der Waals surface area contributed by atoms with Gasteiger partial charge in [0.05, 0.1) is 5.60 Å². The fourth-order valence-corrected chi connectivity index (χ4v) is 2.60. The van der Waals surface area contributed by atoms with Gasteiger partial charge in [0, 0.05) is 18.3 Å². The SMILES string of the molecule is Cc1cc(C)nc(NC(=O)N[C@H]2CCOC(C)(C)C2)c1. The van der Waals surface area contributed by atoms with E-state index < -0.39 is 0 Å². The number of urea groups is 1. The number of nitrogens with zero attached hydrogens (tertiary/aromatic N) is 1. The number of hydrogen-bond acceptors (Lipinski definition) is 3. The Kier molecular flexibility index (Phi) is 4.28. The van der Waals surface area contributed by atoms with Crippen molar-refractivity contribution in [2.45, 2.75) is 52.2 Å². The number of pyridine rings is 1. The second-order valence-corrected chi connectivity index (χ2v) is 6.07. The van der Waals surface area contributed by atoms with Gasteiger partial charge in [-0.25, -0.2) is 9.78 Å². The molecular formula is C15H23N3O2. The van der Waals surface area contributed by atoms with Crippen LogP contribution in [0.1, 0.15) is 37.9 Å². The van der Waals surface area contributed by atoms with Crippen LogP contribution in [0.15, 0.2) is 12.1 Å². The van der Waals surface area contributed by atoms with Gasteiger partial charge in [-0.15, -0.1) is 0 Å². The highest BCUT2D eigenvalue weighted by molar-refractivity contribution is 5.88. The molecule has 2 amide bonds. The lowest BCUT2D eigenvalue weighted by Gasteiger charge is -2.35. The van der Waals surface area contributed by atoms with E-state index in [-0.39, 0.29) is 17.7 Å². The van der Waals surface area contributed by atoms with E-state index in [9.17, 15) is 4.79 Å². The first-order valence-corrected chi connectivity index (χ1v) is 7.01. The van der Waals surface area contributed by atoms with Gasteiger partial charge in [0.25, 0.3) is 0 Å². The summed E-state index contributed by atoms with van der Waals surface area (Å²) in [6, 6.07) is 3.78. The Morgan fingerprint density at radius 1 is 1.40 bits per heavy atom. The Hall–Kier alpha value is -1.62. The molecule has 0 unspecified atom stereocenters. The minimum absolute atomic E-state index is 0.143. The molecule has 1 atom stereocenters. The average molecular weight is 277 g/mol. The molecule has 1 aromatic heterocycles. The molecule has 0 saturated carbocycles. The number of anilines is 1. The highest BCUT2D eigenvalue weighted by atomic mass is 16.5. The second-order valence-electron chi connectivity index (χ2n) is 6.07. The van der Waals surface area contributed by atoms with Crippen molar-refractivity contribution in [3.8, 4) is 0 Å². The van der Waals surface area contributed by atoms with Gasteiger partial charge in [-0.05, 0) is 58.2 Å². The average Bonchev–Trinajstić information content (AvgIpc) is 2.25. The van der Waals surface area contributed by atoms with Crippen molar-refractivity contribution in [3.63, 3.8) is 0 Å². The smallest absolute Gasteiger partial charge is 0.320 e. The Labute approximate surface area is 120 Å². The molecule has 1 aromatic rings. The third-order valence-electron chi connectivity index (χ3n) is 3.37. The van der Waals surface area contributed by atoms with Gasteiger partial charge in [0.2, 0.25) is 0 Å². The zero-order chi connectivity index (χ0) is 14.8. The topological polar surface area (TPSA) is 63.2 Å². The second kappa shape index (κ2) is 5.79. The van der Waals surface area contributed by atoms with Crippen LogP contribution in [0.4, 0.5) is 10.6 Å². The van der Waals surface area contributed by atoms with Crippen molar-refractivity contribution in [1.82, 2.24) is 10.3 Å². The molecule has 2 heterocycles. The van der Waals surface area contributed by atoms with Gasteiger partial charge in [-0.1, -0.05) is 0 Å². The lowest BCUT2D eigenvalue weighted by Crippen LogP contribution is -2.47. The quantitative estimate of drug-likeness (QED) is 0.873. The Morgan fingerprint density at radius 2 is 2.15 bits per heavy atom. The van der Waals surface area contributed by atoms with Gasteiger partial charge in [0.15, 0.2) is 0 Å². The van der Waals surface area contributed by atoms with Crippen molar-refractivity contribution in [2.75, 3.05) is 11.9 Å². The molecule has 0 aromatic carbocycles. The zero-order valence-electron chi connectivity index (χ0n) is 12.6. The summed E-state index contributed by atoms with van der Waals surface area (Å²) >= 11 is 0. The van der Waals surface area contributed by atoms with Gasteiger partial charge in [-0.2, -0.15) is 0 Å². The van der Waals surface area contributed by atoms with E-state index in [1.54, 1.807) is 0 Å². The molecule has 110 valence electrons. The minimum Gasteiger partial charge on any atom is -0.375 e. The Morgan fingerprint density at radius 3 is 2.80 bits per heavy atom. The largest absolute Gasteiger partial charge is 0.375 e. The number of aromatic nitrogens is 1. The van der Waals surface area contributed by atoms with Crippen molar-refractivity contribution < 1.29 is 9.53 Å². The van der Waals surface area contributed by atoms with E-state index in [1.165, 1.54) is 0 Å². The molecule has 5 heteroatoms. The number of rotatable bonds is 2. The number of nitrogens with one attached hydrogen (secondary N) is 2. The molecule has 1 fully saturated rings. The molecular weight excluding hydrogens is 254 g/mol. The molecule has 2 rings (SSSR count). The van der Waals surface area contributed by atoms with Gasteiger partial charge in [0.1, 0.15) is 5.82 Å². The maximum absolute atomic E-state index is 12.0. The molecule has 20 heavy (non-hydrogen) atoms. The van der Waals surface area contributed by atoms with E-state index in [0.29, 0.717) is 12.4 Å². The van der Waals surface area contributed by atoms with Gasteiger partial charge >= 0.3 is 6.03 Å². The lowest BCUT2D eigenvalue weighted by atomic mass is 9.94. The zero-order valence-corrected chi connectivity index (χ0v) is 12.6. The summed E-state index contributed by atoms with van der Waals surface area (Å²) in [5.41, 5.74) is 1.81. The van der Waals surface area contributed by atoms with Gasteiger partial charge < -0.3 is 10.1 Å². The number of amides is 2. The number of carbonyl (C=O) groups is 1. The van der Waals surface area contributed by atoms with Crippen LogP contribution in [0.2, 0.25) is 0 Å². The predicted octanol–water partition coefficient (Wildman–Crippen LogP) is 2.78. The van der Waals surface area contributed by atoms with Crippen LogP contribution < -0.4 is 10.6 Å². The van der Waals surface area contributed by atoms with Crippen molar-refractivity contribution in [2.24, 2.45) is 0 Å². The molecule has 1 aliphatic rings. The van der Waals surface area contributed by atoms with E-state index >= 15 is 0 Å². The van der Waals surface area contributed by atoms with E-state index in [2.05, 4.69) is 15.6 Å². The van der Waals surface area contributed by atoms with E-state index in [1.807, 2.05) is 39.8 Å². The summed E-state index contributed by atoms with van der Waals surface area (Å²) in [4.78, 5) is 16.3. The molecule has 2 N–H and O–H groups in total. The molecule has 5 nitrogen and oxygen atoms in total. The van der Waals surface area contributed by atoms with Gasteiger partial charge in [-0.3, -0.25) is 5.32 Å². The summed E-state index contributed by atoms with van der Waals surface area (Å²) in [6.07, 6.45) is 1.66. The first-order valence-electron chi connectivity index (χ1n) is 7.01. The van der Waals surface area contributed by atoms with Crippen LogP contribution in [-0.4, -0.2) is 29.3 Å². The molecule has 1 saturated heterocycles. The summed E-state index contributed by atoms with van der Waals surface area (Å²) in [5, 5.41) is 5.79. The van der Waals surface area contributed by atoms with Crippen molar-refractivity contribution in [1.29, 1.82) is 0 Å². The van der Waals surface area contributed by atoms with Crippen molar-refractivity contribution in [3.05, 3.63) is 23.4 Å². The molecule has 0 radical (unpaired) electrons. The van der Waals surface area contributed by atoms with Crippen LogP contribution in [0.25, 0.3) is 0 Å². The highest BCUT2D eigenvalue weighted by Crippen LogP contribution is 2.23.